The Bertz CT molecular complexity index is 4490. The van der Waals surface area contributed by atoms with E-state index in [2.05, 4.69) is 207 Å². The van der Waals surface area contributed by atoms with E-state index in [0.29, 0.717) is 0 Å². The van der Waals surface area contributed by atoms with Crippen LogP contribution in [-0.4, -0.2) is 21.1 Å². The number of carbonyl (C=O) groups is 2. The fraction of sp³-hybridized carbons (Fsp3) is 0.188. The number of aliphatic hydroxyl groups excluding tert-OH is 1. The van der Waals surface area contributed by atoms with Crippen molar-refractivity contribution in [2.45, 2.75) is 80.3 Å². The molecule has 352 valence electrons. The molecule has 0 saturated heterocycles. The van der Waals surface area contributed by atoms with E-state index < -0.39 is 17.1 Å². The fourth-order valence-electron chi connectivity index (χ4n) is 17.2. The average molecular weight is 953 g/mol. The number of fused-ring (bicyclic) bond motifs is 22. The van der Waals surface area contributed by atoms with Crippen molar-refractivity contribution in [3.05, 3.63) is 253 Å². The smallest absolute Gasteiger partial charge is 0.171 e. The average Bonchev–Trinajstić information content (AvgIpc) is 3.68. The Morgan fingerprint density at radius 3 is 1.42 bits per heavy atom. The van der Waals surface area contributed by atoms with Crippen LogP contribution in [0.4, 0.5) is 11.4 Å². The van der Waals surface area contributed by atoms with E-state index in [9.17, 15) is 5.11 Å². The van der Waals surface area contributed by atoms with Gasteiger partial charge in [0.1, 0.15) is 0 Å². The zero-order chi connectivity index (χ0) is 49.2. The van der Waals surface area contributed by atoms with E-state index in [1.54, 1.807) is 0 Å². The van der Waals surface area contributed by atoms with Gasteiger partial charge in [0.15, 0.2) is 17.8 Å². The van der Waals surface area contributed by atoms with Crippen LogP contribution in [0.25, 0.3) is 49.2 Å². The molecule has 5 nitrogen and oxygen atoms in total. The van der Waals surface area contributed by atoms with Crippen LogP contribution in [-0.2, 0) is 10.8 Å². The van der Waals surface area contributed by atoms with Gasteiger partial charge in [0.25, 0.3) is 0 Å². The summed E-state index contributed by atoms with van der Waals surface area (Å²) in [4.78, 5) is 33.4. The summed E-state index contributed by atoms with van der Waals surface area (Å²) in [7, 11) is 0. The third-order valence-corrected chi connectivity index (χ3v) is 19.8. The molecule has 0 amide bonds. The largest absolute Gasteiger partial charge is 0.369 e. The zero-order valence-corrected chi connectivity index (χ0v) is 41.4. The van der Waals surface area contributed by atoms with Crippen molar-refractivity contribution in [2.75, 3.05) is 4.90 Å². The number of hydrogen-bond acceptors (Lipinski definition) is 4. The lowest BCUT2D eigenvalue weighted by molar-refractivity contribution is 0.0839. The topological polar surface area (TPSA) is 62.0 Å². The first kappa shape index (κ1) is 40.4. The van der Waals surface area contributed by atoms with Gasteiger partial charge in [-0.2, -0.15) is 0 Å². The first-order chi connectivity index (χ1) is 36.2. The monoisotopic (exact) mass is 952 g/mol. The van der Waals surface area contributed by atoms with Crippen LogP contribution >= 0.6 is 0 Å². The normalized spacial score (nSPS) is 24.5. The molecule has 7 unspecified atom stereocenters. The number of ketones is 2. The molecule has 1 N–H and O–H groups in total. The molecule has 9 aromatic carbocycles. The molecule has 3 heterocycles. The van der Waals surface area contributed by atoms with Gasteiger partial charge in [-0.1, -0.05) is 161 Å². The Labute approximate surface area is 427 Å². The minimum absolute atomic E-state index is 0.0132. The second-order valence-electron chi connectivity index (χ2n) is 23.3. The molecular weight excluding hydrogens is 905 g/mol. The van der Waals surface area contributed by atoms with Crippen molar-refractivity contribution >= 4 is 61.0 Å². The van der Waals surface area contributed by atoms with Gasteiger partial charge in [-0.25, -0.2) is 0 Å². The van der Waals surface area contributed by atoms with Gasteiger partial charge in [0.2, 0.25) is 0 Å². The van der Waals surface area contributed by atoms with Gasteiger partial charge in [0, 0.05) is 72.0 Å². The van der Waals surface area contributed by atoms with Crippen molar-refractivity contribution in [2.24, 2.45) is 0 Å². The van der Waals surface area contributed by atoms with Crippen LogP contribution < -0.4 is 4.90 Å². The number of hydrogen-bond donors (Lipinski definition) is 1. The summed E-state index contributed by atoms with van der Waals surface area (Å²) < 4.78 is 2.39. The number of aromatic nitrogens is 1. The summed E-state index contributed by atoms with van der Waals surface area (Å²) in [5, 5.41) is 17.8. The van der Waals surface area contributed by atoms with E-state index in [1.807, 2.05) is 0 Å². The van der Waals surface area contributed by atoms with Crippen LogP contribution in [0.2, 0.25) is 0 Å². The van der Waals surface area contributed by atoms with E-state index in [-0.39, 0.29) is 47.1 Å². The highest BCUT2D eigenvalue weighted by molar-refractivity contribution is 6.30. The molecule has 6 aliphatic carbocycles. The Kier molecular flexibility index (Phi) is 7.08. The summed E-state index contributed by atoms with van der Waals surface area (Å²) in [5.74, 6) is 0.287. The number of anilines is 2. The lowest BCUT2D eigenvalue weighted by Gasteiger charge is -2.64. The number of benzene rings is 9. The van der Waals surface area contributed by atoms with Gasteiger partial charge in [-0.3, -0.25) is 9.59 Å². The van der Waals surface area contributed by atoms with Crippen molar-refractivity contribution < 1.29 is 14.7 Å². The molecule has 0 fully saturated rings. The molecule has 18 rings (SSSR count). The van der Waals surface area contributed by atoms with Gasteiger partial charge in [-0.05, 0) is 115 Å². The first-order valence-corrected chi connectivity index (χ1v) is 26.7. The molecule has 11 aromatic rings. The number of para-hydroxylation sites is 2. The fourth-order valence-corrected chi connectivity index (χ4v) is 17.2. The Balaban J connectivity index is 0.978. The predicted molar refractivity (Wildman–Crippen MR) is 293 cm³/mol. The lowest BCUT2D eigenvalue weighted by Crippen LogP contribution is -2.61. The van der Waals surface area contributed by atoms with Crippen LogP contribution in [0.1, 0.15) is 162 Å². The quantitative estimate of drug-likeness (QED) is 0.192. The third-order valence-electron chi connectivity index (χ3n) is 19.8. The third kappa shape index (κ3) is 4.08. The maximum Gasteiger partial charge on any atom is 0.171 e. The summed E-state index contributed by atoms with van der Waals surface area (Å²) in [5.41, 5.74) is 23.2. The number of carbonyl (C=O) groups excluding carboxylic acids is 2. The molecule has 7 atom stereocenters. The van der Waals surface area contributed by atoms with Crippen molar-refractivity contribution in [1.82, 2.24) is 4.40 Å². The van der Waals surface area contributed by atoms with Crippen molar-refractivity contribution in [1.29, 1.82) is 0 Å². The molecule has 0 bridgehead atoms. The van der Waals surface area contributed by atoms with Crippen molar-refractivity contribution in [3.8, 4) is 11.1 Å². The highest BCUT2D eigenvalue weighted by Crippen LogP contribution is 2.76. The molecule has 7 aliphatic rings. The number of rotatable bonds is 3. The Morgan fingerprint density at radius 1 is 0.446 bits per heavy atom. The summed E-state index contributed by atoms with van der Waals surface area (Å²) in [6, 6.07) is 61.5. The number of aliphatic hydroxyl groups is 1. The van der Waals surface area contributed by atoms with Gasteiger partial charge in [0.05, 0.1) is 39.8 Å². The maximum absolute atomic E-state index is 15.6. The molecule has 2 aromatic heterocycles. The summed E-state index contributed by atoms with van der Waals surface area (Å²) >= 11 is 0. The van der Waals surface area contributed by atoms with Crippen LogP contribution in [0.15, 0.2) is 170 Å². The minimum Gasteiger partial charge on any atom is -0.369 e. The Morgan fingerprint density at radius 2 is 0.892 bits per heavy atom. The molecule has 2 spiro atoms. The highest BCUT2D eigenvalue weighted by atomic mass is 16.3. The summed E-state index contributed by atoms with van der Waals surface area (Å²) in [6.07, 6.45) is -1.03. The Hall–Kier alpha value is -8.12. The van der Waals surface area contributed by atoms with E-state index in [0.717, 1.165) is 99.5 Å². The molecule has 74 heavy (non-hydrogen) atoms. The standard InChI is InChI=1S/C69H48N2O3/c1-33(2)35-21-15-22-36(34(3)4)63(35)71-54-27-14-9-20-41(54)57-49(67(71)74)30-45-42-28-43-46(65(72)61-39-18-7-12-25-52(39)68(61)50-23-10-5-16-37(50)59(43)68)31-55(42)70-56-32-47-44(29-48(56)58(57)64(45)70)60-38-17-6-11-24-51(38)69(60)53-26-13-8-19-40(53)62(69)66(47)73/h5-34,59-62,67,74H,1-4H3. The zero-order valence-electron chi connectivity index (χ0n) is 41.4. The van der Waals surface area contributed by atoms with Crippen LogP contribution in [0.5, 0.6) is 0 Å². The molecular formula is C69H48N2O3. The van der Waals surface area contributed by atoms with E-state index in [4.69, 9.17) is 0 Å². The van der Waals surface area contributed by atoms with Crippen LogP contribution in [0, 0.1) is 0 Å². The molecule has 5 heteroatoms. The molecule has 0 saturated carbocycles. The second kappa shape index (κ2) is 13.0. The van der Waals surface area contributed by atoms with E-state index >= 15 is 9.59 Å². The predicted octanol–water partition coefficient (Wildman–Crippen LogP) is 15.3. The van der Waals surface area contributed by atoms with Gasteiger partial charge >= 0.3 is 0 Å². The molecule has 1 aliphatic heterocycles. The summed E-state index contributed by atoms with van der Waals surface area (Å²) in [6.45, 7) is 8.98. The number of nitrogens with zero attached hydrogens (tertiary/aromatic N) is 2. The van der Waals surface area contributed by atoms with Gasteiger partial charge < -0.3 is 14.4 Å². The van der Waals surface area contributed by atoms with Crippen molar-refractivity contribution in [3.63, 3.8) is 0 Å². The minimum atomic E-state index is -1.03. The second-order valence-corrected chi connectivity index (χ2v) is 23.3. The number of Topliss-reactive ketones (excluding diaryl/α,β-unsaturated/α-hetero) is 2. The molecule has 0 radical (unpaired) electrons. The SMILES string of the molecule is CC(C)c1cccc(C(C)C)c1N1c2ccccc2-c2c(cc3c4cc5c(cc4n4c6cc7c(cc6c2c34)C2c3ccccc3C23c2ccccc2C3C7=O)C(=O)C2c3ccccc3C23c2ccccc2C53)C1O. The first-order valence-electron chi connectivity index (χ1n) is 26.7. The maximum atomic E-state index is 15.6. The van der Waals surface area contributed by atoms with E-state index in [1.165, 1.54) is 44.5 Å². The lowest BCUT2D eigenvalue weighted by atomic mass is 9.36. The highest BCUT2D eigenvalue weighted by Gasteiger charge is 2.71. The van der Waals surface area contributed by atoms with Gasteiger partial charge in [-0.15, -0.1) is 0 Å². The van der Waals surface area contributed by atoms with Crippen LogP contribution in [0.3, 0.4) is 0 Å².